The normalized spacial score (nSPS) is 21.4. The van der Waals surface area contributed by atoms with Crippen LogP contribution in [0.4, 0.5) is 0 Å². The van der Waals surface area contributed by atoms with E-state index in [-0.39, 0.29) is 30.6 Å². The molecule has 2 amide bonds. The average molecular weight is 505 g/mol. The molecule has 1 aromatic rings. The molecule has 3 unspecified atom stereocenters. The Balaban J connectivity index is 1.52. The molecule has 3 rings (SSSR count). The van der Waals surface area contributed by atoms with Crippen molar-refractivity contribution >= 4 is 34.1 Å². The number of sulfonamides is 1. The molecular weight excluding hydrogens is 472 g/mol. The van der Waals surface area contributed by atoms with Gasteiger partial charge in [0, 0.05) is 19.3 Å². The second-order valence-electron chi connectivity index (χ2n) is 8.89. The fourth-order valence-corrected chi connectivity index (χ4v) is 5.72. The molecule has 2 aliphatic rings. The van der Waals surface area contributed by atoms with E-state index in [2.05, 4.69) is 10.0 Å². The second kappa shape index (κ2) is 11.9. The molecule has 0 radical (unpaired) electrons. The number of nitrogens with two attached hydrogens (primary N) is 1. The van der Waals surface area contributed by atoms with Gasteiger partial charge in [0.25, 0.3) is 0 Å². The van der Waals surface area contributed by atoms with E-state index >= 15 is 0 Å². The molecule has 11 nitrogen and oxygen atoms in total. The summed E-state index contributed by atoms with van der Waals surface area (Å²) in [5, 5.41) is 10.2. The third kappa shape index (κ3) is 7.89. The van der Waals surface area contributed by atoms with E-state index in [1.165, 1.54) is 6.20 Å². The first-order valence-electron chi connectivity index (χ1n) is 11.5. The van der Waals surface area contributed by atoms with Gasteiger partial charge in [-0.15, -0.1) is 0 Å². The monoisotopic (exact) mass is 504 g/mol. The Morgan fingerprint density at radius 3 is 2.71 bits per heavy atom. The number of nitrogens with one attached hydrogen (secondary N) is 3. The van der Waals surface area contributed by atoms with Gasteiger partial charge in [0.2, 0.25) is 21.8 Å². The Morgan fingerprint density at radius 1 is 1.29 bits per heavy atom. The molecule has 1 fully saturated rings. The molecule has 1 saturated heterocycles. The molecule has 1 aromatic carbocycles. The zero-order chi connectivity index (χ0) is 25.4. The van der Waals surface area contributed by atoms with Gasteiger partial charge in [-0.05, 0) is 37.2 Å². The van der Waals surface area contributed by atoms with E-state index < -0.39 is 33.9 Å². The van der Waals surface area contributed by atoms with Crippen molar-refractivity contribution < 1.29 is 22.8 Å². The number of rotatable bonds is 10. The van der Waals surface area contributed by atoms with Crippen LogP contribution in [-0.2, 0) is 30.2 Å². The minimum atomic E-state index is -3.78. The van der Waals surface area contributed by atoms with Crippen LogP contribution in [0.3, 0.4) is 0 Å². The van der Waals surface area contributed by atoms with Gasteiger partial charge in [0.1, 0.15) is 18.9 Å². The number of amides is 2. The quantitative estimate of drug-likeness (QED) is 0.196. The van der Waals surface area contributed by atoms with Gasteiger partial charge in [-0.2, -0.15) is 0 Å². The summed E-state index contributed by atoms with van der Waals surface area (Å²) in [7, 11) is -3.78. The maximum Gasteiger partial charge on any atom is 0.245 e. The largest absolute Gasteiger partial charge is 0.370 e. The third-order valence-corrected chi connectivity index (χ3v) is 7.39. The Morgan fingerprint density at radius 2 is 2.03 bits per heavy atom. The van der Waals surface area contributed by atoms with Crippen molar-refractivity contribution in [2.75, 3.05) is 19.6 Å². The fraction of sp³-hybridized carbons (Fsp3) is 0.478. The lowest BCUT2D eigenvalue weighted by molar-refractivity contribution is -0.135. The molecule has 3 atom stereocenters. The van der Waals surface area contributed by atoms with E-state index in [1.54, 1.807) is 41.3 Å². The highest BCUT2D eigenvalue weighted by Gasteiger charge is 2.31. The SMILES string of the molecule is N=C(N)N1CCCC(CC(C=O)NC(=O)CN2C=CCC(NS(=O)(=O)Cc3ccccc3)C2=O)C1. The molecule has 5 N–H and O–H groups in total. The van der Waals surface area contributed by atoms with Crippen LogP contribution in [0.1, 0.15) is 31.2 Å². The predicted molar refractivity (Wildman–Crippen MR) is 130 cm³/mol. The number of benzene rings is 1. The van der Waals surface area contributed by atoms with Crippen molar-refractivity contribution in [1.82, 2.24) is 19.8 Å². The molecule has 2 aliphatic heterocycles. The van der Waals surface area contributed by atoms with Crippen LogP contribution in [0.5, 0.6) is 0 Å². The third-order valence-electron chi connectivity index (χ3n) is 6.03. The molecular formula is C23H32N6O5S. The van der Waals surface area contributed by atoms with Crippen LogP contribution in [-0.4, -0.2) is 74.0 Å². The lowest BCUT2D eigenvalue weighted by Gasteiger charge is -2.34. The summed E-state index contributed by atoms with van der Waals surface area (Å²) in [6, 6.07) is 6.89. The Bertz CT molecular complexity index is 1060. The van der Waals surface area contributed by atoms with E-state index in [1.807, 2.05) is 0 Å². The number of nitrogens with zero attached hydrogens (tertiary/aromatic N) is 2. The van der Waals surface area contributed by atoms with Gasteiger partial charge in [-0.1, -0.05) is 36.4 Å². The van der Waals surface area contributed by atoms with Gasteiger partial charge < -0.3 is 25.6 Å². The standard InChI is InChI=1S/C23H32N6O5S/c24-23(25)29-11-4-8-18(13-29)12-19(15-30)26-21(31)14-28-10-5-9-20(22(28)32)27-35(33,34)16-17-6-2-1-3-7-17/h1-3,5-7,10,15,18-20,27H,4,8-9,11-14,16H2,(H3,24,25)(H,26,31). The molecule has 35 heavy (non-hydrogen) atoms. The predicted octanol–water partition coefficient (Wildman–Crippen LogP) is -0.100. The average Bonchev–Trinajstić information content (AvgIpc) is 2.81. The van der Waals surface area contributed by atoms with Crippen LogP contribution < -0.4 is 15.8 Å². The van der Waals surface area contributed by atoms with E-state index in [0.29, 0.717) is 31.4 Å². The van der Waals surface area contributed by atoms with Gasteiger partial charge in [-0.25, -0.2) is 13.1 Å². The highest BCUT2D eigenvalue weighted by Crippen LogP contribution is 2.20. The van der Waals surface area contributed by atoms with Gasteiger partial charge in [-0.3, -0.25) is 15.0 Å². The summed E-state index contributed by atoms with van der Waals surface area (Å²) >= 11 is 0. The number of piperidine rings is 1. The lowest BCUT2D eigenvalue weighted by atomic mass is 9.92. The van der Waals surface area contributed by atoms with Gasteiger partial charge in [0.15, 0.2) is 5.96 Å². The van der Waals surface area contributed by atoms with Crippen molar-refractivity contribution in [1.29, 1.82) is 5.41 Å². The minimum Gasteiger partial charge on any atom is -0.370 e. The second-order valence-corrected chi connectivity index (χ2v) is 10.6. The zero-order valence-electron chi connectivity index (χ0n) is 19.4. The number of carbonyl (C=O) groups excluding carboxylic acids is 3. The molecule has 2 heterocycles. The fourth-order valence-electron chi connectivity index (χ4n) is 4.37. The van der Waals surface area contributed by atoms with Gasteiger partial charge >= 0.3 is 0 Å². The highest BCUT2D eigenvalue weighted by atomic mass is 32.2. The number of hydrogen-bond donors (Lipinski definition) is 4. The van der Waals surface area contributed by atoms with Crippen molar-refractivity contribution in [3.05, 3.63) is 48.2 Å². The van der Waals surface area contributed by atoms with Crippen molar-refractivity contribution in [3.8, 4) is 0 Å². The maximum atomic E-state index is 12.8. The van der Waals surface area contributed by atoms with E-state index in [0.717, 1.165) is 17.7 Å². The highest BCUT2D eigenvalue weighted by molar-refractivity contribution is 7.88. The number of likely N-dealkylation sites (tertiary alicyclic amines) is 1. The molecule has 12 heteroatoms. The Hall–Kier alpha value is -3.25. The first-order chi connectivity index (χ1) is 16.7. The molecule has 0 spiro atoms. The molecule has 0 bridgehead atoms. The minimum absolute atomic E-state index is 0.00858. The first kappa shape index (κ1) is 26.4. The maximum absolute atomic E-state index is 12.8. The summed E-state index contributed by atoms with van der Waals surface area (Å²) in [4.78, 5) is 39.9. The van der Waals surface area contributed by atoms with Crippen LogP contribution in [0, 0.1) is 11.3 Å². The van der Waals surface area contributed by atoms with Crippen molar-refractivity contribution in [2.24, 2.45) is 11.7 Å². The molecule has 0 saturated carbocycles. The van der Waals surface area contributed by atoms with Gasteiger partial charge in [0.05, 0.1) is 11.8 Å². The summed E-state index contributed by atoms with van der Waals surface area (Å²) in [6.07, 6.45) is 6.03. The van der Waals surface area contributed by atoms with E-state index in [9.17, 15) is 22.8 Å². The number of hydrogen-bond acceptors (Lipinski definition) is 6. The summed E-state index contributed by atoms with van der Waals surface area (Å²) in [5.41, 5.74) is 6.16. The van der Waals surface area contributed by atoms with Crippen LogP contribution >= 0.6 is 0 Å². The molecule has 0 aliphatic carbocycles. The number of aldehydes is 1. The Labute approximate surface area is 205 Å². The first-order valence-corrected chi connectivity index (χ1v) is 13.2. The topological polar surface area (TPSA) is 166 Å². The Kier molecular flexibility index (Phi) is 8.99. The van der Waals surface area contributed by atoms with Crippen LogP contribution in [0.15, 0.2) is 42.6 Å². The lowest BCUT2D eigenvalue weighted by Crippen LogP contribution is -2.52. The zero-order valence-corrected chi connectivity index (χ0v) is 20.2. The number of carbonyl (C=O) groups is 3. The molecule has 190 valence electrons. The van der Waals surface area contributed by atoms with Crippen molar-refractivity contribution in [3.63, 3.8) is 0 Å². The smallest absolute Gasteiger partial charge is 0.245 e. The van der Waals surface area contributed by atoms with Crippen LogP contribution in [0.2, 0.25) is 0 Å². The summed E-state index contributed by atoms with van der Waals surface area (Å²) in [6.45, 7) is 0.915. The van der Waals surface area contributed by atoms with E-state index in [4.69, 9.17) is 11.1 Å². The van der Waals surface area contributed by atoms with Crippen molar-refractivity contribution in [2.45, 2.75) is 43.5 Å². The van der Waals surface area contributed by atoms with Crippen LogP contribution in [0.25, 0.3) is 0 Å². The number of guanidine groups is 1. The molecule has 0 aromatic heterocycles. The summed E-state index contributed by atoms with van der Waals surface area (Å²) < 4.78 is 27.5. The summed E-state index contributed by atoms with van der Waals surface area (Å²) in [5.74, 6) is -1.22.